The lowest BCUT2D eigenvalue weighted by Crippen LogP contribution is -2.30. The number of thiophene rings is 2. The highest BCUT2D eigenvalue weighted by atomic mass is 32.1. The molecule has 1 amide bonds. The lowest BCUT2D eigenvalue weighted by atomic mass is 10.4. The standard InChI is InChI=1S/C11H10N2OS2/c1-2-13(5-4-12)11(14)10-7-9-8(16-10)3-6-15-9/h3,6-7H,2,5H2,1H3. The first-order valence-corrected chi connectivity index (χ1v) is 6.59. The maximum Gasteiger partial charge on any atom is 0.264 e. The van der Waals surface area contributed by atoms with Gasteiger partial charge in [0.05, 0.1) is 10.9 Å². The quantitative estimate of drug-likeness (QED) is 0.786. The van der Waals surface area contributed by atoms with Crippen LogP contribution >= 0.6 is 22.7 Å². The lowest BCUT2D eigenvalue weighted by molar-refractivity contribution is 0.0789. The Bertz CT molecular complexity index is 521. The number of carbonyl (C=O) groups excluding carboxylic acids is 1. The molecule has 0 radical (unpaired) electrons. The van der Waals surface area contributed by atoms with Crippen molar-refractivity contribution in [2.45, 2.75) is 6.92 Å². The molecular weight excluding hydrogens is 240 g/mol. The molecule has 0 saturated carbocycles. The lowest BCUT2D eigenvalue weighted by Gasteiger charge is -2.15. The molecule has 2 heterocycles. The Morgan fingerprint density at radius 3 is 3.00 bits per heavy atom. The van der Waals surface area contributed by atoms with Crippen LogP contribution in [0.15, 0.2) is 17.5 Å². The number of amides is 1. The Morgan fingerprint density at radius 2 is 2.38 bits per heavy atom. The molecule has 0 bridgehead atoms. The van der Waals surface area contributed by atoms with Crippen LogP contribution in [-0.4, -0.2) is 23.9 Å². The van der Waals surface area contributed by atoms with Crippen molar-refractivity contribution in [3.05, 3.63) is 22.4 Å². The minimum Gasteiger partial charge on any atom is -0.325 e. The Labute approximate surface area is 102 Å². The van der Waals surface area contributed by atoms with Gasteiger partial charge in [0.1, 0.15) is 6.54 Å². The summed E-state index contributed by atoms with van der Waals surface area (Å²) in [5.74, 6) is -0.0440. The fraction of sp³-hybridized carbons (Fsp3) is 0.273. The molecule has 16 heavy (non-hydrogen) atoms. The van der Waals surface area contributed by atoms with E-state index in [2.05, 4.69) is 0 Å². The number of carbonyl (C=O) groups is 1. The van der Waals surface area contributed by atoms with Crippen LogP contribution in [0.25, 0.3) is 9.40 Å². The van der Waals surface area contributed by atoms with E-state index < -0.39 is 0 Å². The summed E-state index contributed by atoms with van der Waals surface area (Å²) in [5, 5.41) is 10.6. The van der Waals surface area contributed by atoms with E-state index in [9.17, 15) is 4.79 Å². The van der Waals surface area contributed by atoms with Gasteiger partial charge in [-0.15, -0.1) is 22.7 Å². The van der Waals surface area contributed by atoms with E-state index in [0.717, 1.165) is 14.3 Å². The van der Waals surface area contributed by atoms with E-state index in [4.69, 9.17) is 5.26 Å². The molecule has 0 N–H and O–H groups in total. The van der Waals surface area contributed by atoms with Gasteiger partial charge in [-0.25, -0.2) is 0 Å². The maximum atomic E-state index is 12.0. The molecule has 0 atom stereocenters. The molecule has 0 aliphatic carbocycles. The number of hydrogen-bond acceptors (Lipinski definition) is 4. The minimum absolute atomic E-state index is 0.0440. The predicted octanol–water partition coefficient (Wildman–Crippen LogP) is 2.95. The fourth-order valence-corrected chi connectivity index (χ4v) is 3.52. The van der Waals surface area contributed by atoms with Gasteiger partial charge in [-0.1, -0.05) is 0 Å². The average Bonchev–Trinajstić information content (AvgIpc) is 2.84. The number of hydrogen-bond donors (Lipinski definition) is 0. The van der Waals surface area contributed by atoms with Crippen LogP contribution in [0.5, 0.6) is 0 Å². The fourth-order valence-electron chi connectivity index (χ4n) is 1.44. The zero-order chi connectivity index (χ0) is 11.5. The summed E-state index contributed by atoms with van der Waals surface area (Å²) >= 11 is 3.12. The van der Waals surface area contributed by atoms with Gasteiger partial charge in [0.25, 0.3) is 5.91 Å². The predicted molar refractivity (Wildman–Crippen MR) is 66.9 cm³/mol. The van der Waals surface area contributed by atoms with E-state index in [-0.39, 0.29) is 12.5 Å². The van der Waals surface area contributed by atoms with Gasteiger partial charge in [0.2, 0.25) is 0 Å². The zero-order valence-corrected chi connectivity index (χ0v) is 10.4. The summed E-state index contributed by atoms with van der Waals surface area (Å²) in [6.07, 6.45) is 0. The van der Waals surface area contributed by atoms with Crippen LogP contribution in [0.2, 0.25) is 0 Å². The van der Waals surface area contributed by atoms with Gasteiger partial charge in [0, 0.05) is 15.9 Å². The van der Waals surface area contributed by atoms with Crippen LogP contribution in [-0.2, 0) is 0 Å². The van der Waals surface area contributed by atoms with E-state index >= 15 is 0 Å². The second-order valence-corrected chi connectivity index (χ2v) is 5.27. The van der Waals surface area contributed by atoms with Crippen LogP contribution in [0.1, 0.15) is 16.6 Å². The average molecular weight is 250 g/mol. The second-order valence-electron chi connectivity index (χ2n) is 3.24. The van der Waals surface area contributed by atoms with Crippen molar-refractivity contribution in [1.82, 2.24) is 4.90 Å². The molecule has 2 aromatic heterocycles. The first-order chi connectivity index (χ1) is 7.76. The number of fused-ring (bicyclic) bond motifs is 1. The normalized spacial score (nSPS) is 10.2. The number of rotatable bonds is 3. The zero-order valence-electron chi connectivity index (χ0n) is 8.77. The van der Waals surface area contributed by atoms with E-state index in [1.54, 1.807) is 16.2 Å². The Hall–Kier alpha value is -1.38. The number of nitrogens with zero attached hydrogens (tertiary/aromatic N) is 2. The first-order valence-electron chi connectivity index (χ1n) is 4.89. The minimum atomic E-state index is -0.0440. The van der Waals surface area contributed by atoms with Crippen molar-refractivity contribution in [1.29, 1.82) is 5.26 Å². The number of nitriles is 1. The van der Waals surface area contributed by atoms with Gasteiger partial charge in [-0.05, 0) is 24.4 Å². The largest absolute Gasteiger partial charge is 0.325 e. The summed E-state index contributed by atoms with van der Waals surface area (Å²) in [6.45, 7) is 2.60. The Morgan fingerprint density at radius 1 is 1.56 bits per heavy atom. The summed E-state index contributed by atoms with van der Waals surface area (Å²) in [6, 6.07) is 5.93. The van der Waals surface area contributed by atoms with Gasteiger partial charge in [-0.3, -0.25) is 4.79 Å². The highest BCUT2D eigenvalue weighted by Gasteiger charge is 2.16. The third kappa shape index (κ3) is 1.94. The van der Waals surface area contributed by atoms with Crippen molar-refractivity contribution in [2.24, 2.45) is 0 Å². The van der Waals surface area contributed by atoms with E-state index in [1.807, 2.05) is 30.5 Å². The van der Waals surface area contributed by atoms with Crippen LogP contribution in [0.3, 0.4) is 0 Å². The summed E-state index contributed by atoms with van der Waals surface area (Å²) in [7, 11) is 0. The molecule has 0 spiro atoms. The second kappa shape index (κ2) is 4.64. The van der Waals surface area contributed by atoms with Gasteiger partial charge < -0.3 is 4.90 Å². The van der Waals surface area contributed by atoms with Crippen LogP contribution in [0.4, 0.5) is 0 Å². The molecule has 0 aromatic carbocycles. The highest BCUT2D eigenvalue weighted by molar-refractivity contribution is 7.27. The molecule has 2 rings (SSSR count). The van der Waals surface area contributed by atoms with E-state index in [1.165, 1.54) is 11.3 Å². The topological polar surface area (TPSA) is 44.1 Å². The Balaban J connectivity index is 2.27. The van der Waals surface area contributed by atoms with Crippen LogP contribution in [0, 0.1) is 11.3 Å². The van der Waals surface area contributed by atoms with Crippen molar-refractivity contribution in [3.63, 3.8) is 0 Å². The van der Waals surface area contributed by atoms with Crippen molar-refractivity contribution in [3.8, 4) is 6.07 Å². The van der Waals surface area contributed by atoms with Gasteiger partial charge >= 0.3 is 0 Å². The molecule has 0 aliphatic rings. The highest BCUT2D eigenvalue weighted by Crippen LogP contribution is 2.30. The summed E-state index contributed by atoms with van der Waals surface area (Å²) in [4.78, 5) is 14.3. The maximum absolute atomic E-state index is 12.0. The molecule has 5 heteroatoms. The molecular formula is C11H10N2OS2. The SMILES string of the molecule is CCN(CC#N)C(=O)c1cc2sccc2s1. The van der Waals surface area contributed by atoms with E-state index in [0.29, 0.717) is 6.54 Å². The molecule has 0 fully saturated rings. The first kappa shape index (κ1) is 11.1. The molecule has 3 nitrogen and oxygen atoms in total. The third-order valence-corrected chi connectivity index (χ3v) is 4.36. The molecule has 2 aromatic rings. The molecule has 0 aliphatic heterocycles. The molecule has 82 valence electrons. The molecule has 0 saturated heterocycles. The monoisotopic (exact) mass is 250 g/mol. The Kier molecular flexibility index (Phi) is 3.22. The van der Waals surface area contributed by atoms with Crippen molar-refractivity contribution < 1.29 is 4.79 Å². The molecule has 0 unspecified atom stereocenters. The summed E-state index contributed by atoms with van der Waals surface area (Å²) in [5.41, 5.74) is 0. The summed E-state index contributed by atoms with van der Waals surface area (Å²) < 4.78 is 2.28. The van der Waals surface area contributed by atoms with Crippen molar-refractivity contribution >= 4 is 38.0 Å². The van der Waals surface area contributed by atoms with Gasteiger partial charge in [0.15, 0.2) is 0 Å². The third-order valence-electron chi connectivity index (χ3n) is 2.28. The van der Waals surface area contributed by atoms with Crippen molar-refractivity contribution in [2.75, 3.05) is 13.1 Å². The smallest absolute Gasteiger partial charge is 0.264 e. The van der Waals surface area contributed by atoms with Crippen LogP contribution < -0.4 is 0 Å². The van der Waals surface area contributed by atoms with Gasteiger partial charge in [-0.2, -0.15) is 5.26 Å².